The molecule has 33 heavy (non-hydrogen) atoms. The monoisotopic (exact) mass is 459 g/mol. The Balaban J connectivity index is 1.36. The Kier molecular flexibility index (Phi) is 6.50. The van der Waals surface area contributed by atoms with Gasteiger partial charge in [0.15, 0.2) is 5.16 Å². The average molecular weight is 460 g/mol. The van der Waals surface area contributed by atoms with Gasteiger partial charge in [0.05, 0.1) is 30.3 Å². The second-order valence-electron chi connectivity index (χ2n) is 7.75. The summed E-state index contributed by atoms with van der Waals surface area (Å²) in [5, 5.41) is 4.08. The molecule has 3 heterocycles. The van der Waals surface area contributed by atoms with Crippen LogP contribution in [0.2, 0.25) is 0 Å². The van der Waals surface area contributed by atoms with Crippen LogP contribution in [0, 0.1) is 0 Å². The summed E-state index contributed by atoms with van der Waals surface area (Å²) in [6.45, 7) is 1.59. The highest BCUT2D eigenvalue weighted by Gasteiger charge is 2.21. The normalized spacial score (nSPS) is 15.6. The molecule has 0 aliphatic carbocycles. The van der Waals surface area contributed by atoms with Crippen molar-refractivity contribution < 1.29 is 4.74 Å². The topological polar surface area (TPSA) is 104 Å². The van der Waals surface area contributed by atoms with Crippen LogP contribution in [0.3, 0.4) is 0 Å². The summed E-state index contributed by atoms with van der Waals surface area (Å²) in [7, 11) is 0. The zero-order valence-electron chi connectivity index (χ0n) is 18.1. The SMILES string of the molecule is Nc1nc(CSc2ncc(-c3ccccc3)n2CC2CCCO2)nc(Nc2ccccc2)n1. The predicted octanol–water partition coefficient (Wildman–Crippen LogP) is 4.53. The zero-order valence-corrected chi connectivity index (χ0v) is 18.9. The number of nitrogens with one attached hydrogen (secondary N) is 1. The number of thioether (sulfide) groups is 1. The molecule has 3 N–H and O–H groups in total. The first-order valence-corrected chi connectivity index (χ1v) is 11.9. The van der Waals surface area contributed by atoms with Crippen molar-refractivity contribution in [3.8, 4) is 11.3 Å². The summed E-state index contributed by atoms with van der Waals surface area (Å²) in [5.41, 5.74) is 9.05. The van der Waals surface area contributed by atoms with Gasteiger partial charge in [0.25, 0.3) is 0 Å². The van der Waals surface area contributed by atoms with Gasteiger partial charge in [-0.05, 0) is 30.5 Å². The first-order chi connectivity index (χ1) is 16.2. The van der Waals surface area contributed by atoms with Gasteiger partial charge in [-0.25, -0.2) is 4.98 Å². The number of rotatable bonds is 8. The third-order valence-electron chi connectivity index (χ3n) is 5.36. The Hall–Kier alpha value is -3.43. The number of para-hydroxylation sites is 1. The van der Waals surface area contributed by atoms with Crippen molar-refractivity contribution in [2.45, 2.75) is 36.4 Å². The van der Waals surface area contributed by atoms with E-state index >= 15 is 0 Å². The molecule has 5 rings (SSSR count). The third-order valence-corrected chi connectivity index (χ3v) is 6.34. The first kappa shape index (κ1) is 21.4. The molecule has 1 aliphatic rings. The Morgan fingerprint density at radius 3 is 2.58 bits per heavy atom. The van der Waals surface area contributed by atoms with Crippen molar-refractivity contribution in [3.05, 3.63) is 72.7 Å². The lowest BCUT2D eigenvalue weighted by Crippen LogP contribution is -2.16. The highest BCUT2D eigenvalue weighted by Crippen LogP contribution is 2.29. The number of nitrogens with zero attached hydrogens (tertiary/aromatic N) is 5. The minimum absolute atomic E-state index is 0.187. The summed E-state index contributed by atoms with van der Waals surface area (Å²) in [5.74, 6) is 1.73. The maximum Gasteiger partial charge on any atom is 0.232 e. The number of ether oxygens (including phenoxy) is 1. The lowest BCUT2D eigenvalue weighted by Gasteiger charge is -2.16. The van der Waals surface area contributed by atoms with Gasteiger partial charge in [-0.1, -0.05) is 60.3 Å². The van der Waals surface area contributed by atoms with Crippen LogP contribution < -0.4 is 11.1 Å². The molecule has 1 saturated heterocycles. The van der Waals surface area contributed by atoms with Gasteiger partial charge in [0.1, 0.15) is 5.82 Å². The van der Waals surface area contributed by atoms with E-state index < -0.39 is 0 Å². The summed E-state index contributed by atoms with van der Waals surface area (Å²) in [6.07, 6.45) is 4.30. The van der Waals surface area contributed by atoms with Gasteiger partial charge >= 0.3 is 0 Å². The third kappa shape index (κ3) is 5.32. The Morgan fingerprint density at radius 2 is 1.82 bits per heavy atom. The lowest BCUT2D eigenvalue weighted by molar-refractivity contribution is 0.0954. The molecule has 0 saturated carbocycles. The van der Waals surface area contributed by atoms with E-state index in [1.54, 1.807) is 11.8 Å². The van der Waals surface area contributed by atoms with Gasteiger partial charge in [0.2, 0.25) is 11.9 Å². The summed E-state index contributed by atoms with van der Waals surface area (Å²) >= 11 is 1.58. The van der Waals surface area contributed by atoms with Crippen LogP contribution in [0.4, 0.5) is 17.6 Å². The highest BCUT2D eigenvalue weighted by molar-refractivity contribution is 7.98. The van der Waals surface area contributed by atoms with Gasteiger partial charge in [-0.2, -0.15) is 15.0 Å². The van der Waals surface area contributed by atoms with Crippen molar-refractivity contribution in [2.24, 2.45) is 0 Å². The summed E-state index contributed by atoms with van der Waals surface area (Å²) in [4.78, 5) is 17.8. The average Bonchev–Trinajstić information content (AvgIpc) is 3.49. The molecule has 1 unspecified atom stereocenters. The number of nitrogens with two attached hydrogens (primary N) is 1. The number of aromatic nitrogens is 5. The molecule has 1 atom stereocenters. The standard InChI is InChI=1S/C24H25N7OS/c25-22-28-21(29-23(30-22)27-18-10-5-2-6-11-18)16-33-24-26-14-20(17-8-3-1-4-9-17)31(24)15-19-12-7-13-32-19/h1-6,8-11,14,19H,7,12-13,15-16H2,(H3,25,27,28,29,30). The second kappa shape index (κ2) is 10.0. The minimum Gasteiger partial charge on any atom is -0.376 e. The molecule has 0 spiro atoms. The molecule has 0 radical (unpaired) electrons. The Bertz CT molecular complexity index is 1190. The van der Waals surface area contributed by atoms with Crippen molar-refractivity contribution in [2.75, 3.05) is 17.7 Å². The van der Waals surface area contributed by atoms with E-state index in [0.29, 0.717) is 17.5 Å². The zero-order chi connectivity index (χ0) is 22.5. The van der Waals surface area contributed by atoms with Crippen molar-refractivity contribution in [1.82, 2.24) is 24.5 Å². The predicted molar refractivity (Wildman–Crippen MR) is 130 cm³/mol. The highest BCUT2D eigenvalue weighted by atomic mass is 32.2. The number of anilines is 3. The van der Waals surface area contributed by atoms with E-state index in [1.807, 2.05) is 54.7 Å². The number of nitrogen functional groups attached to an aromatic ring is 1. The second-order valence-corrected chi connectivity index (χ2v) is 8.69. The number of hydrogen-bond acceptors (Lipinski definition) is 8. The largest absolute Gasteiger partial charge is 0.376 e. The molecule has 9 heteroatoms. The Labute approximate surface area is 196 Å². The van der Waals surface area contributed by atoms with Crippen LogP contribution in [-0.2, 0) is 17.0 Å². The minimum atomic E-state index is 0.187. The first-order valence-electron chi connectivity index (χ1n) is 10.9. The van der Waals surface area contributed by atoms with E-state index in [0.717, 1.165) is 48.1 Å². The number of hydrogen-bond donors (Lipinski definition) is 2. The van der Waals surface area contributed by atoms with Gasteiger partial charge in [-0.15, -0.1) is 0 Å². The van der Waals surface area contributed by atoms with E-state index in [2.05, 4.69) is 37.0 Å². The molecule has 2 aromatic heterocycles. The van der Waals surface area contributed by atoms with Crippen molar-refractivity contribution >= 4 is 29.3 Å². The van der Waals surface area contributed by atoms with Crippen LogP contribution in [0.5, 0.6) is 0 Å². The smallest absolute Gasteiger partial charge is 0.232 e. The quantitative estimate of drug-likeness (QED) is 0.370. The summed E-state index contributed by atoms with van der Waals surface area (Å²) < 4.78 is 8.15. The van der Waals surface area contributed by atoms with Gasteiger partial charge in [0, 0.05) is 12.3 Å². The molecule has 2 aromatic carbocycles. The molecular formula is C24H25N7OS. The van der Waals surface area contributed by atoms with E-state index in [9.17, 15) is 0 Å². The number of imidazole rings is 1. The fraction of sp³-hybridized carbons (Fsp3) is 0.250. The van der Waals surface area contributed by atoms with Crippen LogP contribution in [0.1, 0.15) is 18.7 Å². The van der Waals surface area contributed by atoms with Gasteiger partial charge in [-0.3, -0.25) is 0 Å². The van der Waals surface area contributed by atoms with Gasteiger partial charge < -0.3 is 20.4 Å². The molecule has 1 fully saturated rings. The van der Waals surface area contributed by atoms with E-state index in [-0.39, 0.29) is 12.1 Å². The van der Waals surface area contributed by atoms with Crippen molar-refractivity contribution in [3.63, 3.8) is 0 Å². The van der Waals surface area contributed by atoms with Crippen molar-refractivity contribution in [1.29, 1.82) is 0 Å². The van der Waals surface area contributed by atoms with E-state index in [4.69, 9.17) is 15.5 Å². The fourth-order valence-electron chi connectivity index (χ4n) is 3.82. The van der Waals surface area contributed by atoms with Crippen LogP contribution in [0.15, 0.2) is 72.0 Å². The molecular weight excluding hydrogens is 434 g/mol. The summed E-state index contributed by atoms with van der Waals surface area (Å²) in [6, 6.07) is 20.0. The maximum absolute atomic E-state index is 5.95. The maximum atomic E-state index is 5.95. The Morgan fingerprint density at radius 1 is 1.03 bits per heavy atom. The molecule has 0 amide bonds. The lowest BCUT2D eigenvalue weighted by atomic mass is 10.1. The molecule has 168 valence electrons. The molecule has 4 aromatic rings. The molecule has 1 aliphatic heterocycles. The van der Waals surface area contributed by atoms with Crippen LogP contribution >= 0.6 is 11.8 Å². The van der Waals surface area contributed by atoms with E-state index in [1.165, 1.54) is 0 Å². The fourth-order valence-corrected chi connectivity index (χ4v) is 4.66. The molecule has 8 nitrogen and oxygen atoms in total. The van der Waals surface area contributed by atoms with Crippen LogP contribution in [0.25, 0.3) is 11.3 Å². The molecule has 0 bridgehead atoms. The number of benzene rings is 2. The van der Waals surface area contributed by atoms with Crippen LogP contribution in [-0.4, -0.2) is 37.2 Å².